The van der Waals surface area contributed by atoms with Crippen LogP contribution in [-0.4, -0.2) is 66.9 Å². The summed E-state index contributed by atoms with van der Waals surface area (Å²) in [6, 6.07) is 20.2. The van der Waals surface area contributed by atoms with Crippen LogP contribution in [0.5, 0.6) is 0 Å². The number of amides is 3. The molecule has 3 aliphatic rings. The molecule has 3 aliphatic heterocycles. The summed E-state index contributed by atoms with van der Waals surface area (Å²) in [6.45, 7) is 5.21. The number of benzene rings is 3. The fraction of sp³-hybridized carbons (Fsp3) is 0.400. The van der Waals surface area contributed by atoms with Crippen LogP contribution in [0.2, 0.25) is 18.6 Å². The minimum absolute atomic E-state index is 0.0881. The number of aliphatic hydroxyl groups excluding tert-OH is 1. The van der Waals surface area contributed by atoms with E-state index in [2.05, 4.69) is 0 Å². The first-order valence-corrected chi connectivity index (χ1v) is 19.1. The number of aliphatic hydroxyl groups is 1. The number of carbonyl (C=O) groups is 3. The molecule has 11 nitrogen and oxygen atoms in total. The molecule has 3 aromatic rings. The van der Waals surface area contributed by atoms with Gasteiger partial charge in [0.1, 0.15) is 0 Å². The summed E-state index contributed by atoms with van der Waals surface area (Å²) < 4.78 is 22.9. The number of rotatable bonds is 10. The summed E-state index contributed by atoms with van der Waals surface area (Å²) in [6.07, 6.45) is 1.04. The highest BCUT2D eigenvalue weighted by Gasteiger charge is 2.67. The second-order valence-electron chi connectivity index (χ2n) is 13.4. The number of hydrogen-bond acceptors (Lipinski definition) is 7. The second kappa shape index (κ2) is 12.9. The van der Waals surface area contributed by atoms with E-state index in [1.807, 2.05) is 30.3 Å². The van der Waals surface area contributed by atoms with Gasteiger partial charge in [-0.2, -0.15) is 0 Å². The van der Waals surface area contributed by atoms with E-state index in [1.54, 1.807) is 36.1 Å². The van der Waals surface area contributed by atoms with Crippen LogP contribution in [0.25, 0.3) is 0 Å². The van der Waals surface area contributed by atoms with Crippen LogP contribution in [0, 0.1) is 16.0 Å². The molecule has 2 saturated heterocycles. The molecule has 13 heteroatoms. The van der Waals surface area contributed by atoms with Crippen molar-refractivity contribution in [3.63, 3.8) is 0 Å². The number of likely N-dealkylation sites (tertiary alicyclic amines) is 1. The first-order valence-electron chi connectivity index (χ1n) is 16.2. The van der Waals surface area contributed by atoms with Gasteiger partial charge in [-0.3, -0.25) is 29.4 Å². The Labute approximate surface area is 279 Å². The minimum atomic E-state index is -3.59. The molecular formula is C35H39FN4O7Si. The number of non-ortho nitro benzene ring substituents is 1. The molecule has 2 fully saturated rings. The van der Waals surface area contributed by atoms with Gasteiger partial charge in [0, 0.05) is 47.1 Å². The number of fused-ring (bicyclic) bond motifs is 2. The van der Waals surface area contributed by atoms with Gasteiger partial charge in [0.2, 0.25) is 20.7 Å². The van der Waals surface area contributed by atoms with Crippen LogP contribution in [0.4, 0.5) is 26.9 Å². The molecule has 252 valence electrons. The zero-order valence-electron chi connectivity index (χ0n) is 27.1. The van der Waals surface area contributed by atoms with Gasteiger partial charge in [0.25, 0.3) is 11.6 Å². The van der Waals surface area contributed by atoms with Crippen LogP contribution >= 0.6 is 0 Å². The Morgan fingerprint density at radius 3 is 2.46 bits per heavy atom. The average Bonchev–Trinajstić information content (AvgIpc) is 3.73. The zero-order chi connectivity index (χ0) is 34.4. The lowest BCUT2D eigenvalue weighted by molar-refractivity contribution is -0.385. The molecule has 1 N–H and O–H groups in total. The van der Waals surface area contributed by atoms with Crippen molar-refractivity contribution in [2.24, 2.45) is 5.92 Å². The molecule has 3 aromatic carbocycles. The number of hydrogen-bond donors (Lipinski definition) is 1. The molecule has 5 atom stereocenters. The molecule has 48 heavy (non-hydrogen) atoms. The van der Waals surface area contributed by atoms with Crippen molar-refractivity contribution in [1.29, 1.82) is 0 Å². The summed E-state index contributed by atoms with van der Waals surface area (Å²) in [4.78, 5) is 56.2. The predicted octanol–water partition coefficient (Wildman–Crippen LogP) is 5.58. The average molecular weight is 675 g/mol. The molecule has 0 saturated carbocycles. The Balaban J connectivity index is 1.35. The summed E-state index contributed by atoms with van der Waals surface area (Å²) in [5.41, 5.74) is 0.0198. The summed E-state index contributed by atoms with van der Waals surface area (Å²) in [7, 11) is -3.59. The molecule has 3 heterocycles. The quantitative estimate of drug-likeness (QED) is 0.0976. The minimum Gasteiger partial charge on any atom is -0.394 e. The van der Waals surface area contributed by atoms with E-state index in [4.69, 9.17) is 4.74 Å². The van der Waals surface area contributed by atoms with Crippen molar-refractivity contribution >= 4 is 49.4 Å². The van der Waals surface area contributed by atoms with E-state index in [0.717, 1.165) is 18.4 Å². The normalized spacial score (nSPS) is 25.1. The molecule has 0 radical (unpaired) electrons. The lowest BCUT2D eigenvalue weighted by atomic mass is 9.82. The van der Waals surface area contributed by atoms with E-state index in [-0.39, 0.29) is 42.8 Å². The van der Waals surface area contributed by atoms with E-state index >= 15 is 4.11 Å². The van der Waals surface area contributed by atoms with Gasteiger partial charge in [-0.1, -0.05) is 37.3 Å². The third-order valence-corrected chi connectivity index (χ3v) is 12.6. The summed E-state index contributed by atoms with van der Waals surface area (Å²) in [5.74, 6) is -1.48. The number of nitro benzene ring substituents is 1. The lowest BCUT2D eigenvalue weighted by Gasteiger charge is -2.31. The lowest BCUT2D eigenvalue weighted by Crippen LogP contribution is -2.45. The number of para-hydroxylation sites is 1. The standard InChI is InChI=1S/C35H39FN4O7Si/c1-23-33(48(2,3)36)31(19-32(43)37-17-7-10-28(37)21-41)47-35(23)29-18-27(40(45)46)15-16-30(29)38(34(35)44)20-24-11-13-26(14-12-24)39(22-42)25-8-5-4-6-9-25/h4-6,8-9,11-16,18,22-23,28,31,33,41H,7,10,17,19-21H2,1-3H3/t23-,28-,31+,33-,35+/m0/s1. The van der Waals surface area contributed by atoms with Gasteiger partial charge >= 0.3 is 0 Å². The monoisotopic (exact) mass is 674 g/mol. The smallest absolute Gasteiger partial charge is 0.269 e. The largest absolute Gasteiger partial charge is 0.394 e. The van der Waals surface area contributed by atoms with Crippen LogP contribution in [0.1, 0.15) is 37.3 Å². The predicted molar refractivity (Wildman–Crippen MR) is 180 cm³/mol. The first-order chi connectivity index (χ1) is 22.9. The summed E-state index contributed by atoms with van der Waals surface area (Å²) in [5, 5.41) is 21.7. The highest BCUT2D eigenvalue weighted by Crippen LogP contribution is 2.60. The van der Waals surface area contributed by atoms with Crippen LogP contribution < -0.4 is 9.80 Å². The first kappa shape index (κ1) is 33.4. The van der Waals surface area contributed by atoms with E-state index < -0.39 is 42.4 Å². The maximum Gasteiger partial charge on any atom is 0.269 e. The third kappa shape index (κ3) is 5.69. The highest BCUT2D eigenvalue weighted by molar-refractivity contribution is 6.72. The van der Waals surface area contributed by atoms with Crippen molar-refractivity contribution in [2.75, 3.05) is 23.0 Å². The van der Waals surface area contributed by atoms with Crippen molar-refractivity contribution in [3.05, 3.63) is 94.0 Å². The molecule has 6 rings (SSSR count). The van der Waals surface area contributed by atoms with Crippen molar-refractivity contribution < 1.29 is 33.3 Å². The van der Waals surface area contributed by atoms with Crippen molar-refractivity contribution in [3.8, 4) is 0 Å². The maximum atomic E-state index is 16.2. The fourth-order valence-electron chi connectivity index (χ4n) is 7.95. The Morgan fingerprint density at radius 2 is 1.83 bits per heavy atom. The number of ether oxygens (including phenoxy) is 1. The number of anilines is 3. The fourth-order valence-corrected chi connectivity index (χ4v) is 10.4. The van der Waals surface area contributed by atoms with Crippen LogP contribution in [-0.2, 0) is 31.3 Å². The van der Waals surface area contributed by atoms with Gasteiger partial charge in [-0.05, 0) is 61.8 Å². The van der Waals surface area contributed by atoms with Crippen LogP contribution in [0.15, 0.2) is 72.8 Å². The third-order valence-electron chi connectivity index (χ3n) is 10.1. The summed E-state index contributed by atoms with van der Waals surface area (Å²) >= 11 is 0. The molecular weight excluding hydrogens is 635 g/mol. The topological polar surface area (TPSA) is 134 Å². The number of nitro groups is 1. The molecule has 0 aliphatic carbocycles. The number of carbonyl (C=O) groups excluding carboxylic acids is 3. The molecule has 0 unspecified atom stereocenters. The molecule has 0 aromatic heterocycles. The van der Waals surface area contributed by atoms with Gasteiger partial charge in [-0.25, -0.2) is 0 Å². The maximum absolute atomic E-state index is 16.2. The van der Waals surface area contributed by atoms with Crippen molar-refractivity contribution in [1.82, 2.24) is 4.90 Å². The zero-order valence-corrected chi connectivity index (χ0v) is 28.1. The SMILES string of the molecule is C[C@H]1[C@H]([Si](C)(C)F)[C@@H](CC(=O)N2CCC[C@H]2CO)O[C@]12C(=O)N(Cc1ccc(N(C=O)c3ccccc3)cc1)c1ccc([N+](=O)[O-])cc12. The van der Waals surface area contributed by atoms with Gasteiger partial charge in [0.05, 0.1) is 42.3 Å². The van der Waals surface area contributed by atoms with E-state index in [9.17, 15) is 29.6 Å². The Hall–Kier alpha value is -4.46. The van der Waals surface area contributed by atoms with Gasteiger partial charge < -0.3 is 23.8 Å². The van der Waals surface area contributed by atoms with Gasteiger partial charge in [0.15, 0.2) is 5.60 Å². The Bertz CT molecular complexity index is 1720. The Kier molecular flexibility index (Phi) is 8.96. The van der Waals surface area contributed by atoms with Crippen molar-refractivity contribution in [2.45, 2.75) is 69.1 Å². The van der Waals surface area contributed by atoms with Gasteiger partial charge in [-0.15, -0.1) is 0 Å². The number of nitrogens with zero attached hydrogens (tertiary/aromatic N) is 4. The Morgan fingerprint density at radius 1 is 1.15 bits per heavy atom. The molecule has 1 spiro atoms. The molecule has 3 amide bonds. The second-order valence-corrected chi connectivity index (χ2v) is 17.2. The molecule has 0 bridgehead atoms. The highest BCUT2D eigenvalue weighted by atomic mass is 28.4. The van der Waals surface area contributed by atoms with Crippen LogP contribution in [0.3, 0.4) is 0 Å². The van der Waals surface area contributed by atoms with E-state index in [0.29, 0.717) is 30.0 Å². The number of halogens is 1. The van der Waals surface area contributed by atoms with E-state index in [1.165, 1.54) is 41.1 Å².